The average Bonchev–Trinajstić information content (AvgIpc) is 2.42. The van der Waals surface area contributed by atoms with Gasteiger partial charge >= 0.3 is 0 Å². The van der Waals surface area contributed by atoms with Gasteiger partial charge < -0.3 is 14.9 Å². The van der Waals surface area contributed by atoms with Crippen molar-refractivity contribution >= 4 is 5.91 Å². The lowest BCUT2D eigenvalue weighted by atomic mass is 9.90. The Morgan fingerprint density at radius 2 is 1.76 bits per heavy atom. The molecule has 4 heteroatoms. The summed E-state index contributed by atoms with van der Waals surface area (Å²) in [5, 5.41) is 9.99. The molecule has 0 spiro atoms. The van der Waals surface area contributed by atoms with Gasteiger partial charge in [-0.15, -0.1) is 0 Å². The summed E-state index contributed by atoms with van der Waals surface area (Å²) in [6.45, 7) is 12.9. The van der Waals surface area contributed by atoms with E-state index in [9.17, 15) is 9.90 Å². The molecule has 0 aromatic rings. The Morgan fingerprint density at radius 1 is 1.14 bits per heavy atom. The Kier molecular flexibility index (Phi) is 5.31. The minimum atomic E-state index is -0.264. The van der Waals surface area contributed by atoms with Crippen molar-refractivity contribution in [3.8, 4) is 0 Å². The lowest BCUT2D eigenvalue weighted by Crippen LogP contribution is -2.48. The van der Waals surface area contributed by atoms with E-state index in [0.717, 1.165) is 52.0 Å². The van der Waals surface area contributed by atoms with Crippen LogP contribution in [0.25, 0.3) is 0 Å². The summed E-state index contributed by atoms with van der Waals surface area (Å²) in [6, 6.07) is 0. The van der Waals surface area contributed by atoms with Gasteiger partial charge in [0.15, 0.2) is 0 Å². The maximum atomic E-state index is 12.3. The second-order valence-corrected chi connectivity index (χ2v) is 8.08. The summed E-state index contributed by atoms with van der Waals surface area (Å²) in [7, 11) is 0. The number of carbonyl (C=O) groups excluding carboxylic acids is 1. The maximum Gasteiger partial charge on any atom is 0.227 e. The molecule has 1 amide bonds. The molecule has 2 heterocycles. The molecule has 4 nitrogen and oxygen atoms in total. The van der Waals surface area contributed by atoms with Crippen LogP contribution in [0.2, 0.25) is 0 Å². The van der Waals surface area contributed by atoms with Gasteiger partial charge in [-0.25, -0.2) is 0 Å². The van der Waals surface area contributed by atoms with Gasteiger partial charge in [0.2, 0.25) is 5.91 Å². The van der Waals surface area contributed by atoms with Crippen LogP contribution in [0.5, 0.6) is 0 Å². The van der Waals surface area contributed by atoms with Crippen LogP contribution < -0.4 is 0 Å². The summed E-state index contributed by atoms with van der Waals surface area (Å²) in [6.07, 6.45) is 3.14. The first-order chi connectivity index (χ1) is 9.77. The number of carbonyl (C=O) groups is 1. The summed E-state index contributed by atoms with van der Waals surface area (Å²) >= 11 is 0. The van der Waals surface area contributed by atoms with E-state index in [4.69, 9.17) is 0 Å². The zero-order valence-corrected chi connectivity index (χ0v) is 14.1. The van der Waals surface area contributed by atoms with E-state index in [1.165, 1.54) is 0 Å². The van der Waals surface area contributed by atoms with Crippen molar-refractivity contribution in [1.29, 1.82) is 0 Å². The Hall–Kier alpha value is -0.610. The van der Waals surface area contributed by atoms with Gasteiger partial charge in [0.05, 0.1) is 6.10 Å². The molecule has 2 aliphatic rings. The zero-order chi connectivity index (χ0) is 15.6. The Bertz CT molecular complexity index is 356. The molecule has 2 fully saturated rings. The summed E-state index contributed by atoms with van der Waals surface area (Å²) < 4.78 is 0. The number of amides is 1. The normalized spacial score (nSPS) is 29.7. The van der Waals surface area contributed by atoms with E-state index in [0.29, 0.717) is 11.8 Å². The highest BCUT2D eigenvalue weighted by molar-refractivity contribution is 5.81. The third-order valence-corrected chi connectivity index (χ3v) is 5.06. The quantitative estimate of drug-likeness (QED) is 0.847. The molecule has 0 bridgehead atoms. The SMILES string of the molecule is C[C@H]1CCN(CC2CCN(C(=O)C(C)(C)C)CC2)C[C@@H]1O. The first kappa shape index (κ1) is 16.8. The molecule has 21 heavy (non-hydrogen) atoms. The fraction of sp³-hybridized carbons (Fsp3) is 0.941. The van der Waals surface area contributed by atoms with Crippen LogP contribution in [-0.2, 0) is 4.79 Å². The van der Waals surface area contributed by atoms with Crippen LogP contribution >= 0.6 is 0 Å². The predicted octanol–water partition coefficient (Wildman–Crippen LogP) is 1.97. The Morgan fingerprint density at radius 3 is 2.29 bits per heavy atom. The van der Waals surface area contributed by atoms with Crippen LogP contribution in [0.3, 0.4) is 0 Å². The molecule has 1 N–H and O–H groups in total. The van der Waals surface area contributed by atoms with Crippen LogP contribution in [0.15, 0.2) is 0 Å². The third kappa shape index (κ3) is 4.43. The van der Waals surface area contributed by atoms with Crippen LogP contribution in [0, 0.1) is 17.3 Å². The number of β-amino-alcohol motifs (C(OH)–C–C–N with tert-alkyl or cyclic N) is 1. The highest BCUT2D eigenvalue weighted by Gasteiger charge is 2.32. The first-order valence-corrected chi connectivity index (χ1v) is 8.47. The van der Waals surface area contributed by atoms with Gasteiger partial charge in [0.25, 0.3) is 0 Å². The fourth-order valence-electron chi connectivity index (χ4n) is 3.44. The Balaban J connectivity index is 1.76. The van der Waals surface area contributed by atoms with Gasteiger partial charge in [-0.3, -0.25) is 4.79 Å². The monoisotopic (exact) mass is 296 g/mol. The lowest BCUT2D eigenvalue weighted by molar-refractivity contribution is -0.141. The third-order valence-electron chi connectivity index (χ3n) is 5.06. The van der Waals surface area contributed by atoms with Gasteiger partial charge in [0, 0.05) is 31.6 Å². The predicted molar refractivity (Wildman–Crippen MR) is 85.0 cm³/mol. The number of hydrogen-bond donors (Lipinski definition) is 1. The van der Waals surface area contributed by atoms with Crippen molar-refractivity contribution in [3.05, 3.63) is 0 Å². The highest BCUT2D eigenvalue weighted by atomic mass is 16.3. The molecule has 0 radical (unpaired) electrons. The molecule has 2 aliphatic heterocycles. The van der Waals surface area contributed by atoms with Crippen molar-refractivity contribution in [3.63, 3.8) is 0 Å². The maximum absolute atomic E-state index is 12.3. The van der Waals surface area contributed by atoms with Crippen molar-refractivity contribution in [2.75, 3.05) is 32.7 Å². The van der Waals surface area contributed by atoms with Crippen molar-refractivity contribution < 1.29 is 9.90 Å². The topological polar surface area (TPSA) is 43.8 Å². The van der Waals surface area contributed by atoms with Gasteiger partial charge in [0.1, 0.15) is 0 Å². The van der Waals surface area contributed by atoms with Crippen LogP contribution in [0.4, 0.5) is 0 Å². The minimum Gasteiger partial charge on any atom is -0.392 e. The zero-order valence-electron chi connectivity index (χ0n) is 14.1. The second kappa shape index (κ2) is 6.66. The molecular formula is C17H32N2O2. The van der Waals surface area contributed by atoms with Crippen molar-refractivity contribution in [1.82, 2.24) is 9.80 Å². The molecule has 0 aromatic heterocycles. The molecule has 0 unspecified atom stereocenters. The Labute approximate surface area is 129 Å². The standard InChI is InChI=1S/C17H32N2O2/c1-13-5-8-18(12-15(13)20)11-14-6-9-19(10-7-14)16(21)17(2,3)4/h13-15,20H,5-12H2,1-4H3/t13-,15-/m0/s1. The summed E-state index contributed by atoms with van der Waals surface area (Å²) in [5.41, 5.74) is -0.264. The van der Waals surface area contributed by atoms with E-state index >= 15 is 0 Å². The number of likely N-dealkylation sites (tertiary alicyclic amines) is 2. The number of aliphatic hydroxyl groups excluding tert-OH is 1. The number of piperidine rings is 2. The molecule has 0 aliphatic carbocycles. The molecule has 0 aromatic carbocycles. The number of nitrogens with zero attached hydrogens (tertiary/aromatic N) is 2. The van der Waals surface area contributed by atoms with E-state index in [2.05, 4.69) is 11.8 Å². The van der Waals surface area contributed by atoms with E-state index in [-0.39, 0.29) is 17.4 Å². The summed E-state index contributed by atoms with van der Waals surface area (Å²) in [5.74, 6) is 1.39. The smallest absolute Gasteiger partial charge is 0.227 e. The van der Waals surface area contributed by atoms with E-state index < -0.39 is 0 Å². The summed E-state index contributed by atoms with van der Waals surface area (Å²) in [4.78, 5) is 16.7. The van der Waals surface area contributed by atoms with E-state index in [1.807, 2.05) is 25.7 Å². The highest BCUT2D eigenvalue weighted by Crippen LogP contribution is 2.25. The van der Waals surface area contributed by atoms with Gasteiger partial charge in [-0.2, -0.15) is 0 Å². The fourth-order valence-corrected chi connectivity index (χ4v) is 3.44. The minimum absolute atomic E-state index is 0.165. The van der Waals surface area contributed by atoms with Crippen molar-refractivity contribution in [2.45, 2.75) is 53.1 Å². The first-order valence-electron chi connectivity index (χ1n) is 8.47. The lowest BCUT2D eigenvalue weighted by Gasteiger charge is -2.40. The van der Waals surface area contributed by atoms with Crippen molar-refractivity contribution in [2.24, 2.45) is 17.3 Å². The average molecular weight is 296 g/mol. The number of hydrogen-bond acceptors (Lipinski definition) is 3. The van der Waals surface area contributed by atoms with E-state index in [1.54, 1.807) is 0 Å². The van der Waals surface area contributed by atoms with Gasteiger partial charge in [-0.05, 0) is 37.6 Å². The van der Waals surface area contributed by atoms with Crippen LogP contribution in [0.1, 0.15) is 47.0 Å². The number of aliphatic hydroxyl groups is 1. The van der Waals surface area contributed by atoms with Crippen LogP contribution in [-0.4, -0.2) is 59.6 Å². The largest absolute Gasteiger partial charge is 0.392 e. The van der Waals surface area contributed by atoms with Gasteiger partial charge in [-0.1, -0.05) is 27.7 Å². The molecule has 0 saturated carbocycles. The number of rotatable bonds is 2. The molecule has 122 valence electrons. The second-order valence-electron chi connectivity index (χ2n) is 8.08. The molecule has 2 atom stereocenters. The molecule has 2 rings (SSSR count). The molecule has 2 saturated heterocycles. The molecular weight excluding hydrogens is 264 g/mol.